The van der Waals surface area contributed by atoms with Crippen molar-refractivity contribution >= 4 is 0 Å². The van der Waals surface area contributed by atoms with Crippen molar-refractivity contribution in [1.82, 2.24) is 0 Å². The van der Waals surface area contributed by atoms with Crippen LogP contribution in [0.25, 0.3) is 0 Å². The number of ether oxygens (including phenoxy) is 2. The van der Waals surface area contributed by atoms with Crippen LogP contribution < -0.4 is 9.47 Å². The number of hydrogen-bond acceptors (Lipinski definition) is 3. The molecule has 2 rings (SSSR count). The zero-order valence-corrected chi connectivity index (χ0v) is 10.9. The minimum atomic E-state index is -0.676. The monoisotopic (exact) mass is 280 g/mol. The smallest absolute Gasteiger partial charge is 0.167 e. The Balaban J connectivity index is 2.27. The summed E-state index contributed by atoms with van der Waals surface area (Å²) in [6.45, 7) is -0.543. The third-order valence-corrected chi connectivity index (χ3v) is 2.87. The predicted molar refractivity (Wildman–Crippen MR) is 69.6 cm³/mol. The highest BCUT2D eigenvalue weighted by atomic mass is 19.1. The fourth-order valence-corrected chi connectivity index (χ4v) is 1.82. The van der Waals surface area contributed by atoms with E-state index in [0.29, 0.717) is 11.3 Å². The molecule has 0 heterocycles. The molecule has 20 heavy (non-hydrogen) atoms. The number of aliphatic hydroxyl groups excluding tert-OH is 1. The number of aliphatic hydroxyl groups is 1. The van der Waals surface area contributed by atoms with Crippen LogP contribution in [0.3, 0.4) is 0 Å². The van der Waals surface area contributed by atoms with Crippen molar-refractivity contribution in [3.63, 3.8) is 0 Å². The minimum absolute atomic E-state index is 0.165. The van der Waals surface area contributed by atoms with Gasteiger partial charge in [0, 0.05) is 5.56 Å². The number of para-hydroxylation sites is 1. The molecule has 0 aromatic heterocycles. The Morgan fingerprint density at radius 1 is 1.05 bits per heavy atom. The lowest BCUT2D eigenvalue weighted by Gasteiger charge is -2.14. The zero-order valence-electron chi connectivity index (χ0n) is 10.9. The highest BCUT2D eigenvalue weighted by Crippen LogP contribution is 2.32. The molecule has 0 unspecified atom stereocenters. The Bertz CT molecular complexity index is 557. The second-order valence-electron chi connectivity index (χ2n) is 4.10. The molecule has 0 radical (unpaired) electrons. The summed E-state index contributed by atoms with van der Waals surface area (Å²) in [5, 5.41) is 9.26. The Kier molecular flexibility index (Phi) is 4.53. The van der Waals surface area contributed by atoms with E-state index in [0.717, 1.165) is 12.1 Å². The third-order valence-electron chi connectivity index (χ3n) is 2.87. The van der Waals surface area contributed by atoms with E-state index in [9.17, 15) is 13.9 Å². The summed E-state index contributed by atoms with van der Waals surface area (Å²) in [7, 11) is 1.45. The molecule has 0 saturated carbocycles. The van der Waals surface area contributed by atoms with E-state index in [1.807, 2.05) is 0 Å². The highest BCUT2D eigenvalue weighted by molar-refractivity contribution is 5.46. The van der Waals surface area contributed by atoms with Crippen LogP contribution in [0.15, 0.2) is 36.4 Å². The molecular formula is C15H14F2O3. The van der Waals surface area contributed by atoms with Crippen molar-refractivity contribution in [3.8, 4) is 11.5 Å². The zero-order chi connectivity index (χ0) is 14.5. The van der Waals surface area contributed by atoms with Gasteiger partial charge in [0.15, 0.2) is 11.5 Å². The average Bonchev–Trinajstić information content (AvgIpc) is 2.46. The van der Waals surface area contributed by atoms with Crippen molar-refractivity contribution in [3.05, 3.63) is 59.2 Å². The van der Waals surface area contributed by atoms with Crippen LogP contribution in [0.1, 0.15) is 11.1 Å². The first kappa shape index (κ1) is 14.3. The summed E-state index contributed by atoms with van der Waals surface area (Å²) in [6, 6.07) is 8.60. The van der Waals surface area contributed by atoms with Gasteiger partial charge in [-0.1, -0.05) is 18.2 Å². The van der Waals surface area contributed by atoms with Gasteiger partial charge in [0.1, 0.15) is 18.2 Å². The van der Waals surface area contributed by atoms with E-state index in [4.69, 9.17) is 9.47 Å². The summed E-state index contributed by atoms with van der Waals surface area (Å²) in [5.74, 6) is -0.677. The van der Waals surface area contributed by atoms with Crippen molar-refractivity contribution in [2.75, 3.05) is 7.11 Å². The van der Waals surface area contributed by atoms with Crippen molar-refractivity contribution in [1.29, 1.82) is 0 Å². The van der Waals surface area contributed by atoms with Gasteiger partial charge in [-0.15, -0.1) is 0 Å². The molecule has 2 aromatic carbocycles. The largest absolute Gasteiger partial charge is 0.493 e. The van der Waals surface area contributed by atoms with Crippen molar-refractivity contribution in [2.24, 2.45) is 0 Å². The van der Waals surface area contributed by atoms with Gasteiger partial charge in [0.25, 0.3) is 0 Å². The fraction of sp³-hybridized carbons (Fsp3) is 0.200. The molecule has 106 valence electrons. The summed E-state index contributed by atoms with van der Waals surface area (Å²) < 4.78 is 37.6. The van der Waals surface area contributed by atoms with Gasteiger partial charge in [-0.3, -0.25) is 0 Å². The summed E-state index contributed by atoms with van der Waals surface area (Å²) in [5.41, 5.74) is 0.323. The van der Waals surface area contributed by atoms with Crippen molar-refractivity contribution < 1.29 is 23.4 Å². The standard InChI is InChI=1S/C15H14F2O3/c1-19-14-7-2-4-10(8-18)15(14)20-9-11-12(16)5-3-6-13(11)17/h2-7,18H,8-9H2,1H3. The maximum absolute atomic E-state index is 13.5. The van der Waals surface area contributed by atoms with E-state index in [-0.39, 0.29) is 24.5 Å². The van der Waals surface area contributed by atoms with Crippen LogP contribution in [-0.2, 0) is 13.2 Å². The Hall–Kier alpha value is -2.14. The lowest BCUT2D eigenvalue weighted by molar-refractivity contribution is 0.245. The molecule has 0 fully saturated rings. The van der Waals surface area contributed by atoms with Crippen LogP contribution in [-0.4, -0.2) is 12.2 Å². The molecule has 0 amide bonds. The molecule has 2 aromatic rings. The number of rotatable bonds is 5. The molecule has 0 aliphatic carbocycles. The van der Waals surface area contributed by atoms with Gasteiger partial charge in [0.05, 0.1) is 19.3 Å². The molecule has 0 bridgehead atoms. The maximum Gasteiger partial charge on any atom is 0.167 e. The molecule has 1 N–H and O–H groups in total. The topological polar surface area (TPSA) is 38.7 Å². The molecular weight excluding hydrogens is 266 g/mol. The molecule has 5 heteroatoms. The number of methoxy groups -OCH3 is 1. The first-order valence-corrected chi connectivity index (χ1v) is 5.99. The van der Waals surface area contributed by atoms with E-state index in [1.165, 1.54) is 13.2 Å². The second kappa shape index (κ2) is 6.34. The van der Waals surface area contributed by atoms with Gasteiger partial charge in [-0.25, -0.2) is 8.78 Å². The van der Waals surface area contributed by atoms with Gasteiger partial charge in [-0.2, -0.15) is 0 Å². The van der Waals surface area contributed by atoms with Crippen LogP contribution in [0.2, 0.25) is 0 Å². The first-order valence-electron chi connectivity index (χ1n) is 5.99. The minimum Gasteiger partial charge on any atom is -0.493 e. The summed E-state index contributed by atoms with van der Waals surface area (Å²) in [4.78, 5) is 0. The quantitative estimate of drug-likeness (QED) is 0.915. The van der Waals surface area contributed by atoms with Gasteiger partial charge in [0.2, 0.25) is 0 Å². The molecule has 0 saturated heterocycles. The number of benzene rings is 2. The van der Waals surface area contributed by atoms with E-state index in [1.54, 1.807) is 18.2 Å². The number of hydrogen-bond donors (Lipinski definition) is 1. The fourth-order valence-electron chi connectivity index (χ4n) is 1.82. The van der Waals surface area contributed by atoms with Crippen LogP contribution in [0.4, 0.5) is 8.78 Å². The SMILES string of the molecule is COc1cccc(CO)c1OCc1c(F)cccc1F. The number of halogens is 2. The molecule has 0 spiro atoms. The van der Waals surface area contributed by atoms with Gasteiger partial charge < -0.3 is 14.6 Å². The molecule has 0 atom stereocenters. The normalized spacial score (nSPS) is 10.4. The molecule has 0 aliphatic heterocycles. The van der Waals surface area contributed by atoms with E-state index < -0.39 is 11.6 Å². The molecule has 0 aliphatic rings. The van der Waals surface area contributed by atoms with E-state index in [2.05, 4.69) is 0 Å². The first-order chi connectivity index (χ1) is 9.67. The lowest BCUT2D eigenvalue weighted by atomic mass is 10.2. The Morgan fingerprint density at radius 2 is 1.70 bits per heavy atom. The lowest BCUT2D eigenvalue weighted by Crippen LogP contribution is -2.04. The van der Waals surface area contributed by atoms with Crippen LogP contribution in [0, 0.1) is 11.6 Å². The predicted octanol–water partition coefficient (Wildman–Crippen LogP) is 3.04. The third kappa shape index (κ3) is 2.88. The van der Waals surface area contributed by atoms with Gasteiger partial charge in [-0.05, 0) is 18.2 Å². The van der Waals surface area contributed by atoms with Crippen LogP contribution in [0.5, 0.6) is 11.5 Å². The maximum atomic E-state index is 13.5. The second-order valence-corrected chi connectivity index (χ2v) is 4.10. The average molecular weight is 280 g/mol. The summed E-state index contributed by atoms with van der Waals surface area (Å²) in [6.07, 6.45) is 0. The summed E-state index contributed by atoms with van der Waals surface area (Å²) >= 11 is 0. The Labute approximate surface area is 115 Å². The van der Waals surface area contributed by atoms with Crippen molar-refractivity contribution in [2.45, 2.75) is 13.2 Å². The molecule has 3 nitrogen and oxygen atoms in total. The van der Waals surface area contributed by atoms with Gasteiger partial charge >= 0.3 is 0 Å². The van der Waals surface area contributed by atoms with E-state index >= 15 is 0 Å². The highest BCUT2D eigenvalue weighted by Gasteiger charge is 2.13. The Morgan fingerprint density at radius 3 is 2.30 bits per heavy atom. The van der Waals surface area contributed by atoms with Crippen LogP contribution >= 0.6 is 0 Å².